The predicted octanol–water partition coefficient (Wildman–Crippen LogP) is 3.01. The summed E-state index contributed by atoms with van der Waals surface area (Å²) in [6, 6.07) is 7.73. The molecule has 2 atom stereocenters. The van der Waals surface area contributed by atoms with Crippen molar-refractivity contribution >= 4 is 11.8 Å². The fourth-order valence-electron chi connectivity index (χ4n) is 2.24. The molecule has 1 N–H and O–H groups in total. The topological polar surface area (TPSA) is 29.5 Å². The Morgan fingerprint density at radius 3 is 2.81 bits per heavy atom. The average molecular weight is 238 g/mol. The van der Waals surface area contributed by atoms with E-state index < -0.39 is 6.10 Å². The van der Waals surface area contributed by atoms with Crippen LogP contribution < -0.4 is 4.74 Å². The van der Waals surface area contributed by atoms with Crippen LogP contribution in [0.4, 0.5) is 0 Å². The number of aliphatic hydroxyl groups is 1. The predicted molar refractivity (Wildman–Crippen MR) is 68.1 cm³/mol. The molecule has 16 heavy (non-hydrogen) atoms. The molecule has 1 aromatic carbocycles. The van der Waals surface area contributed by atoms with Gasteiger partial charge in [0.2, 0.25) is 0 Å². The lowest BCUT2D eigenvalue weighted by Gasteiger charge is -2.30. The Morgan fingerprint density at radius 1 is 1.44 bits per heavy atom. The number of methoxy groups -OCH3 is 1. The van der Waals surface area contributed by atoms with Gasteiger partial charge in [0.25, 0.3) is 0 Å². The molecular weight excluding hydrogens is 220 g/mol. The van der Waals surface area contributed by atoms with Gasteiger partial charge in [-0.2, -0.15) is 11.8 Å². The molecule has 0 amide bonds. The zero-order chi connectivity index (χ0) is 11.6. The number of aliphatic hydroxyl groups excluding tert-OH is 1. The second-order valence-corrected chi connectivity index (χ2v) is 6.04. The molecule has 2 nitrogen and oxygen atoms in total. The van der Waals surface area contributed by atoms with Crippen molar-refractivity contribution in [1.29, 1.82) is 0 Å². The van der Waals surface area contributed by atoms with Crippen LogP contribution in [-0.2, 0) is 0 Å². The lowest BCUT2D eigenvalue weighted by molar-refractivity contribution is 0.131. The molecule has 1 aromatic rings. The summed E-state index contributed by atoms with van der Waals surface area (Å²) >= 11 is 1.86. The SMILES string of the molecule is COc1ccccc1C(O)C1(C)CCCS1. The van der Waals surface area contributed by atoms with Gasteiger partial charge in [0.05, 0.1) is 13.2 Å². The first-order valence-electron chi connectivity index (χ1n) is 5.62. The molecular formula is C13H18O2S. The lowest BCUT2D eigenvalue weighted by atomic mass is 9.92. The van der Waals surface area contributed by atoms with Crippen LogP contribution in [0.15, 0.2) is 24.3 Å². The van der Waals surface area contributed by atoms with E-state index in [1.165, 1.54) is 6.42 Å². The molecule has 3 heteroatoms. The van der Waals surface area contributed by atoms with Gasteiger partial charge in [0.15, 0.2) is 0 Å². The van der Waals surface area contributed by atoms with Gasteiger partial charge in [0, 0.05) is 10.3 Å². The number of para-hydroxylation sites is 1. The minimum Gasteiger partial charge on any atom is -0.496 e. The Morgan fingerprint density at radius 2 is 2.19 bits per heavy atom. The Bertz CT molecular complexity index is 359. The monoisotopic (exact) mass is 238 g/mol. The third kappa shape index (κ3) is 2.06. The van der Waals surface area contributed by atoms with E-state index in [0.29, 0.717) is 0 Å². The van der Waals surface area contributed by atoms with Gasteiger partial charge in [-0.05, 0) is 31.6 Å². The molecule has 0 radical (unpaired) electrons. The van der Waals surface area contributed by atoms with Gasteiger partial charge in [-0.15, -0.1) is 0 Å². The van der Waals surface area contributed by atoms with Crippen LogP contribution in [0.25, 0.3) is 0 Å². The van der Waals surface area contributed by atoms with Crippen LogP contribution in [0.1, 0.15) is 31.4 Å². The maximum absolute atomic E-state index is 10.5. The van der Waals surface area contributed by atoms with E-state index in [1.807, 2.05) is 36.0 Å². The van der Waals surface area contributed by atoms with Crippen LogP contribution in [0.3, 0.4) is 0 Å². The van der Waals surface area contributed by atoms with Crippen LogP contribution in [0.5, 0.6) is 5.75 Å². The lowest BCUT2D eigenvalue weighted by Crippen LogP contribution is -2.26. The Labute approximate surface area is 101 Å². The molecule has 2 unspecified atom stereocenters. The number of thioether (sulfide) groups is 1. The number of benzene rings is 1. The van der Waals surface area contributed by atoms with E-state index in [-0.39, 0.29) is 4.75 Å². The zero-order valence-corrected chi connectivity index (χ0v) is 10.6. The van der Waals surface area contributed by atoms with Crippen LogP contribution >= 0.6 is 11.8 Å². The van der Waals surface area contributed by atoms with E-state index in [2.05, 4.69) is 6.92 Å². The Balaban J connectivity index is 2.29. The molecule has 0 aliphatic carbocycles. The molecule has 1 aliphatic rings. The van der Waals surface area contributed by atoms with Gasteiger partial charge in [-0.1, -0.05) is 18.2 Å². The van der Waals surface area contributed by atoms with Crippen LogP contribution in [0.2, 0.25) is 0 Å². The van der Waals surface area contributed by atoms with Crippen molar-refractivity contribution in [2.75, 3.05) is 12.9 Å². The normalized spacial score (nSPS) is 26.7. The van der Waals surface area contributed by atoms with Crippen molar-refractivity contribution in [2.24, 2.45) is 0 Å². The largest absolute Gasteiger partial charge is 0.496 e. The Hall–Kier alpha value is -0.670. The summed E-state index contributed by atoms with van der Waals surface area (Å²) in [5, 5.41) is 10.5. The van der Waals surface area contributed by atoms with E-state index in [1.54, 1.807) is 7.11 Å². The third-order valence-electron chi connectivity index (χ3n) is 3.26. The number of ether oxygens (including phenoxy) is 1. The second-order valence-electron chi connectivity index (χ2n) is 4.41. The first-order valence-corrected chi connectivity index (χ1v) is 6.61. The van der Waals surface area contributed by atoms with Crippen molar-refractivity contribution < 1.29 is 9.84 Å². The van der Waals surface area contributed by atoms with Gasteiger partial charge in [-0.25, -0.2) is 0 Å². The van der Waals surface area contributed by atoms with E-state index in [9.17, 15) is 5.11 Å². The summed E-state index contributed by atoms with van der Waals surface area (Å²) in [6.45, 7) is 2.14. The molecule has 0 bridgehead atoms. The summed E-state index contributed by atoms with van der Waals surface area (Å²) in [7, 11) is 1.65. The minimum absolute atomic E-state index is 0.0609. The van der Waals surface area contributed by atoms with E-state index in [4.69, 9.17) is 4.74 Å². The fraction of sp³-hybridized carbons (Fsp3) is 0.538. The summed E-state index contributed by atoms with van der Waals surface area (Å²) in [4.78, 5) is 0. The fourth-order valence-corrected chi connectivity index (χ4v) is 3.57. The van der Waals surface area contributed by atoms with Gasteiger partial charge >= 0.3 is 0 Å². The molecule has 1 heterocycles. The maximum Gasteiger partial charge on any atom is 0.124 e. The molecule has 2 rings (SSSR count). The first kappa shape index (κ1) is 11.8. The Kier molecular flexibility index (Phi) is 3.45. The smallest absolute Gasteiger partial charge is 0.124 e. The highest BCUT2D eigenvalue weighted by atomic mass is 32.2. The van der Waals surface area contributed by atoms with E-state index in [0.717, 1.165) is 23.5 Å². The van der Waals surface area contributed by atoms with Crippen molar-refractivity contribution in [2.45, 2.75) is 30.6 Å². The molecule has 1 saturated heterocycles. The average Bonchev–Trinajstić information content (AvgIpc) is 2.76. The summed E-state index contributed by atoms with van der Waals surface area (Å²) in [5.74, 6) is 1.92. The summed E-state index contributed by atoms with van der Waals surface area (Å²) < 4.78 is 5.24. The highest BCUT2D eigenvalue weighted by Gasteiger charge is 2.38. The zero-order valence-electron chi connectivity index (χ0n) is 9.77. The molecule has 0 saturated carbocycles. The molecule has 88 valence electrons. The maximum atomic E-state index is 10.5. The highest BCUT2D eigenvalue weighted by Crippen LogP contribution is 2.48. The van der Waals surface area contributed by atoms with Crippen molar-refractivity contribution in [1.82, 2.24) is 0 Å². The molecule has 0 aromatic heterocycles. The number of hydrogen-bond donors (Lipinski definition) is 1. The quantitative estimate of drug-likeness (QED) is 0.877. The summed E-state index contributed by atoms with van der Waals surface area (Å²) in [5.41, 5.74) is 0.905. The first-order chi connectivity index (χ1) is 7.67. The second kappa shape index (κ2) is 4.68. The van der Waals surface area contributed by atoms with Gasteiger partial charge < -0.3 is 9.84 Å². The molecule has 1 fully saturated rings. The molecule has 1 aliphatic heterocycles. The van der Waals surface area contributed by atoms with Crippen LogP contribution in [-0.4, -0.2) is 22.7 Å². The third-order valence-corrected chi connectivity index (χ3v) is 4.84. The van der Waals surface area contributed by atoms with E-state index >= 15 is 0 Å². The minimum atomic E-state index is -0.448. The summed E-state index contributed by atoms with van der Waals surface area (Å²) in [6.07, 6.45) is 1.81. The van der Waals surface area contributed by atoms with Gasteiger partial charge in [0.1, 0.15) is 5.75 Å². The standard InChI is InChI=1S/C13H18O2S/c1-13(8-5-9-16-13)12(14)10-6-3-4-7-11(10)15-2/h3-4,6-7,12,14H,5,8-9H2,1-2H3. The molecule has 0 spiro atoms. The van der Waals surface area contributed by atoms with Gasteiger partial charge in [-0.3, -0.25) is 0 Å². The van der Waals surface area contributed by atoms with Crippen molar-refractivity contribution in [3.05, 3.63) is 29.8 Å². The number of rotatable bonds is 3. The van der Waals surface area contributed by atoms with Crippen LogP contribution in [0, 0.1) is 0 Å². The number of hydrogen-bond acceptors (Lipinski definition) is 3. The van der Waals surface area contributed by atoms with Crippen molar-refractivity contribution in [3.63, 3.8) is 0 Å². The highest BCUT2D eigenvalue weighted by molar-refractivity contribution is 8.00. The van der Waals surface area contributed by atoms with Crippen molar-refractivity contribution in [3.8, 4) is 5.75 Å².